The number of rotatable bonds is 3. The van der Waals surface area contributed by atoms with Crippen LogP contribution in [0, 0.1) is 0 Å². The number of pyridine rings is 2. The maximum absolute atomic E-state index is 11.2. The van der Waals surface area contributed by atoms with Crippen molar-refractivity contribution in [2.45, 2.75) is 0 Å². The topological polar surface area (TPSA) is 75.4 Å². The van der Waals surface area contributed by atoms with E-state index in [1.807, 2.05) is 18.2 Å². The summed E-state index contributed by atoms with van der Waals surface area (Å²) in [6.07, 6.45) is 3.43. The molecule has 0 bridgehead atoms. The number of carbonyl (C=O) groups is 1. The Kier molecular flexibility index (Phi) is 3.68. The van der Waals surface area contributed by atoms with E-state index in [0.29, 0.717) is 5.56 Å². The first-order valence-electron chi connectivity index (χ1n) is 6.91. The van der Waals surface area contributed by atoms with Crippen molar-refractivity contribution in [2.75, 3.05) is 36.0 Å². The largest absolute Gasteiger partial charge is 0.366 e. The zero-order valence-corrected chi connectivity index (χ0v) is 11.6. The standard InChI is InChI=1S/C15H17N5O/c16-15(21)12-4-6-18-14(11-12)20-9-7-19(8-10-20)13-3-1-2-5-17-13/h1-6,11H,7-10H2,(H2,16,21). The van der Waals surface area contributed by atoms with Gasteiger partial charge in [-0.1, -0.05) is 6.07 Å². The molecule has 0 radical (unpaired) electrons. The first-order valence-corrected chi connectivity index (χ1v) is 6.91. The van der Waals surface area contributed by atoms with Gasteiger partial charge in [-0.15, -0.1) is 0 Å². The Morgan fingerprint density at radius 2 is 1.62 bits per heavy atom. The lowest BCUT2D eigenvalue weighted by Crippen LogP contribution is -2.47. The molecule has 3 rings (SSSR count). The van der Waals surface area contributed by atoms with Crippen molar-refractivity contribution < 1.29 is 4.79 Å². The lowest BCUT2D eigenvalue weighted by atomic mass is 10.2. The molecule has 2 N–H and O–H groups in total. The molecular weight excluding hydrogens is 266 g/mol. The summed E-state index contributed by atoms with van der Waals surface area (Å²) in [5, 5.41) is 0. The number of carbonyl (C=O) groups excluding carboxylic acids is 1. The van der Waals surface area contributed by atoms with Crippen LogP contribution in [0.15, 0.2) is 42.7 Å². The molecule has 1 saturated heterocycles. The summed E-state index contributed by atoms with van der Waals surface area (Å²) in [6, 6.07) is 9.31. The van der Waals surface area contributed by atoms with E-state index >= 15 is 0 Å². The zero-order chi connectivity index (χ0) is 14.7. The molecule has 3 heterocycles. The third kappa shape index (κ3) is 2.94. The smallest absolute Gasteiger partial charge is 0.248 e. The number of nitrogens with two attached hydrogens (primary N) is 1. The highest BCUT2D eigenvalue weighted by Gasteiger charge is 2.19. The average Bonchev–Trinajstić information content (AvgIpc) is 2.56. The average molecular weight is 283 g/mol. The maximum Gasteiger partial charge on any atom is 0.248 e. The molecule has 21 heavy (non-hydrogen) atoms. The number of amides is 1. The monoisotopic (exact) mass is 283 g/mol. The minimum Gasteiger partial charge on any atom is -0.366 e. The van der Waals surface area contributed by atoms with Crippen molar-refractivity contribution in [1.82, 2.24) is 9.97 Å². The molecule has 1 aliphatic heterocycles. The second-order valence-electron chi connectivity index (χ2n) is 4.93. The number of aromatic nitrogens is 2. The Morgan fingerprint density at radius 1 is 0.952 bits per heavy atom. The molecule has 0 spiro atoms. The number of anilines is 2. The quantitative estimate of drug-likeness (QED) is 0.906. The fraction of sp³-hybridized carbons (Fsp3) is 0.267. The fourth-order valence-corrected chi connectivity index (χ4v) is 2.45. The summed E-state index contributed by atoms with van der Waals surface area (Å²) in [7, 11) is 0. The number of piperazine rings is 1. The van der Waals surface area contributed by atoms with Crippen molar-refractivity contribution >= 4 is 17.5 Å². The van der Waals surface area contributed by atoms with Crippen molar-refractivity contribution in [3.05, 3.63) is 48.3 Å². The van der Waals surface area contributed by atoms with Crippen molar-refractivity contribution in [1.29, 1.82) is 0 Å². The SMILES string of the molecule is NC(=O)c1ccnc(N2CCN(c3ccccn3)CC2)c1. The van der Waals surface area contributed by atoms with Gasteiger partial charge in [0.2, 0.25) is 5.91 Å². The van der Waals surface area contributed by atoms with Gasteiger partial charge in [0.05, 0.1) is 0 Å². The van der Waals surface area contributed by atoms with E-state index in [-0.39, 0.29) is 0 Å². The van der Waals surface area contributed by atoms with Gasteiger partial charge in [0.15, 0.2) is 0 Å². The van der Waals surface area contributed by atoms with Crippen LogP contribution in [-0.4, -0.2) is 42.1 Å². The molecular formula is C15H17N5O. The van der Waals surface area contributed by atoms with E-state index in [4.69, 9.17) is 5.73 Å². The summed E-state index contributed by atoms with van der Waals surface area (Å²) in [5.74, 6) is 1.37. The fourth-order valence-electron chi connectivity index (χ4n) is 2.45. The van der Waals surface area contributed by atoms with E-state index in [0.717, 1.165) is 37.8 Å². The van der Waals surface area contributed by atoms with Gasteiger partial charge in [0.25, 0.3) is 0 Å². The molecule has 0 saturated carbocycles. The van der Waals surface area contributed by atoms with Crippen LogP contribution in [0.25, 0.3) is 0 Å². The van der Waals surface area contributed by atoms with E-state index in [2.05, 4.69) is 19.8 Å². The minimum atomic E-state index is -0.425. The summed E-state index contributed by atoms with van der Waals surface area (Å²) in [5.41, 5.74) is 5.80. The zero-order valence-electron chi connectivity index (χ0n) is 11.6. The Labute approximate surface area is 123 Å². The van der Waals surface area contributed by atoms with Gasteiger partial charge < -0.3 is 15.5 Å². The van der Waals surface area contributed by atoms with Crippen LogP contribution in [0.3, 0.4) is 0 Å². The van der Waals surface area contributed by atoms with Crippen LogP contribution < -0.4 is 15.5 Å². The second kappa shape index (κ2) is 5.78. The first kappa shape index (κ1) is 13.4. The van der Waals surface area contributed by atoms with Crippen molar-refractivity contribution in [3.8, 4) is 0 Å². The molecule has 1 aliphatic rings. The summed E-state index contributed by atoms with van der Waals surface area (Å²) < 4.78 is 0. The maximum atomic E-state index is 11.2. The third-order valence-corrected chi connectivity index (χ3v) is 3.61. The van der Waals surface area contributed by atoms with Crippen LogP contribution in [-0.2, 0) is 0 Å². The summed E-state index contributed by atoms with van der Waals surface area (Å²) in [4.78, 5) is 24.3. The van der Waals surface area contributed by atoms with Gasteiger partial charge >= 0.3 is 0 Å². The lowest BCUT2D eigenvalue weighted by Gasteiger charge is -2.36. The normalized spacial score (nSPS) is 15.0. The van der Waals surface area contributed by atoms with E-state index in [9.17, 15) is 4.79 Å². The van der Waals surface area contributed by atoms with Gasteiger partial charge in [0.1, 0.15) is 11.6 Å². The van der Waals surface area contributed by atoms with E-state index < -0.39 is 5.91 Å². The molecule has 0 aromatic carbocycles. The highest BCUT2D eigenvalue weighted by atomic mass is 16.1. The van der Waals surface area contributed by atoms with Gasteiger partial charge in [-0.2, -0.15) is 0 Å². The molecule has 0 atom stereocenters. The molecule has 6 nitrogen and oxygen atoms in total. The second-order valence-corrected chi connectivity index (χ2v) is 4.93. The summed E-state index contributed by atoms with van der Waals surface area (Å²) in [6.45, 7) is 3.43. The van der Waals surface area contributed by atoms with Crippen LogP contribution in [0.4, 0.5) is 11.6 Å². The van der Waals surface area contributed by atoms with Crippen LogP contribution in [0.5, 0.6) is 0 Å². The number of hydrogen-bond donors (Lipinski definition) is 1. The Balaban J connectivity index is 1.68. The highest BCUT2D eigenvalue weighted by molar-refractivity contribution is 5.93. The van der Waals surface area contributed by atoms with E-state index in [1.54, 1.807) is 24.5 Å². The Hall–Kier alpha value is -2.63. The molecule has 1 fully saturated rings. The van der Waals surface area contributed by atoms with Crippen LogP contribution in [0.2, 0.25) is 0 Å². The highest BCUT2D eigenvalue weighted by Crippen LogP contribution is 2.17. The summed E-state index contributed by atoms with van der Waals surface area (Å²) >= 11 is 0. The van der Waals surface area contributed by atoms with Gasteiger partial charge in [-0.3, -0.25) is 4.79 Å². The van der Waals surface area contributed by atoms with E-state index in [1.165, 1.54) is 0 Å². The molecule has 6 heteroatoms. The van der Waals surface area contributed by atoms with Crippen molar-refractivity contribution in [2.24, 2.45) is 5.73 Å². The molecule has 0 unspecified atom stereocenters. The van der Waals surface area contributed by atoms with Gasteiger partial charge in [-0.25, -0.2) is 9.97 Å². The number of nitrogens with zero attached hydrogens (tertiary/aromatic N) is 4. The third-order valence-electron chi connectivity index (χ3n) is 3.61. The van der Waals surface area contributed by atoms with Crippen LogP contribution in [0.1, 0.15) is 10.4 Å². The first-order chi connectivity index (χ1) is 10.2. The Bertz CT molecular complexity index is 623. The minimum absolute atomic E-state index is 0.425. The Morgan fingerprint density at radius 3 is 2.24 bits per heavy atom. The number of hydrogen-bond acceptors (Lipinski definition) is 5. The van der Waals surface area contributed by atoms with Crippen LogP contribution >= 0.6 is 0 Å². The van der Waals surface area contributed by atoms with Gasteiger partial charge in [-0.05, 0) is 24.3 Å². The molecule has 108 valence electrons. The molecule has 2 aromatic heterocycles. The number of primary amides is 1. The lowest BCUT2D eigenvalue weighted by molar-refractivity contribution is 0.1000. The predicted molar refractivity (Wildman–Crippen MR) is 81.4 cm³/mol. The van der Waals surface area contributed by atoms with Gasteiger partial charge in [0, 0.05) is 44.1 Å². The molecule has 2 aromatic rings. The van der Waals surface area contributed by atoms with Crippen molar-refractivity contribution in [3.63, 3.8) is 0 Å². The molecule has 1 amide bonds. The predicted octanol–water partition coefficient (Wildman–Crippen LogP) is 0.902. The molecule has 0 aliphatic carbocycles.